The van der Waals surface area contributed by atoms with Crippen molar-refractivity contribution in [1.29, 1.82) is 0 Å². The summed E-state index contributed by atoms with van der Waals surface area (Å²) in [7, 11) is 0.754. The molecule has 2 heteroatoms. The molecule has 0 aliphatic heterocycles. The van der Waals surface area contributed by atoms with Crippen LogP contribution in [-0.2, 0) is 25.8 Å². The van der Waals surface area contributed by atoms with Gasteiger partial charge in [-0.25, -0.2) is 5.57 Å². The number of benzene rings is 2. The first kappa shape index (κ1) is 23.1. The predicted octanol–water partition coefficient (Wildman–Crippen LogP) is 6.75. The summed E-state index contributed by atoms with van der Waals surface area (Å²) in [5.74, 6) is 0. The Morgan fingerprint density at radius 2 is 1.75 bits per heavy atom. The molecular weight excluding hydrogens is 522 g/mol. The van der Waals surface area contributed by atoms with Crippen molar-refractivity contribution in [2.45, 2.75) is 46.5 Å². The summed E-state index contributed by atoms with van der Waals surface area (Å²) in [4.78, 5) is 0. The average molecular weight is 551 g/mol. The van der Waals surface area contributed by atoms with Gasteiger partial charge in [-0.2, -0.15) is 17.7 Å². The van der Waals surface area contributed by atoms with Gasteiger partial charge in [-0.1, -0.05) is 63.4 Å². The third-order valence-corrected chi connectivity index (χ3v) is 6.63. The van der Waals surface area contributed by atoms with Gasteiger partial charge in [0.1, 0.15) is 0 Å². The predicted molar refractivity (Wildman–Crippen MR) is 123 cm³/mol. The fourth-order valence-electron chi connectivity index (χ4n) is 3.37. The molecule has 0 N–H and O–H groups in total. The second-order valence-corrected chi connectivity index (χ2v) is 8.44. The first-order valence-electron chi connectivity index (χ1n) is 9.93. The van der Waals surface area contributed by atoms with Crippen molar-refractivity contribution in [3.63, 3.8) is 0 Å². The number of fused-ring (bicyclic) bond motifs is 1. The van der Waals surface area contributed by atoms with E-state index in [1.807, 2.05) is 0 Å². The zero-order valence-electron chi connectivity index (χ0n) is 17.2. The molecule has 3 aromatic rings. The van der Waals surface area contributed by atoms with Gasteiger partial charge in [-0.15, -0.1) is 55.3 Å². The van der Waals surface area contributed by atoms with Gasteiger partial charge in [0, 0.05) is 0 Å². The molecule has 3 aromatic carbocycles. The number of hydrogen-bond donors (Lipinski definition) is 0. The topological polar surface area (TPSA) is 0 Å². The maximum atomic E-state index is 3.30. The van der Waals surface area contributed by atoms with Crippen LogP contribution >= 0.6 is 8.58 Å². The van der Waals surface area contributed by atoms with Gasteiger partial charge < -0.3 is 0 Å². The normalized spacial score (nSPS) is 13.1. The molecule has 0 bridgehead atoms. The molecule has 28 heavy (non-hydrogen) atoms. The van der Waals surface area contributed by atoms with Crippen molar-refractivity contribution < 1.29 is 25.8 Å². The summed E-state index contributed by atoms with van der Waals surface area (Å²) in [6.07, 6.45) is 10.5. The molecule has 0 saturated carbocycles. The molecule has 140 valence electrons. The smallest absolute Gasteiger partial charge is 0.269 e. The monoisotopic (exact) mass is 552 g/mol. The van der Waals surface area contributed by atoms with Crippen molar-refractivity contribution in [3.8, 4) is 0 Å². The van der Waals surface area contributed by atoms with Gasteiger partial charge in [0.2, 0.25) is 0 Å². The van der Waals surface area contributed by atoms with E-state index in [2.05, 4.69) is 93.6 Å². The minimum Gasteiger partial charge on any atom is -0.269 e. The molecular formula is C26H29HfP+2. The molecule has 0 spiro atoms. The van der Waals surface area contributed by atoms with Crippen LogP contribution in [-0.4, -0.2) is 0 Å². The SMILES string of the molecule is CCCCC1=CC[C-]=C1C.Cc1ccccc1P[c-]1ccc2ccccc21.[Hf+4]. The molecule has 1 atom stereocenters. The van der Waals surface area contributed by atoms with Gasteiger partial charge in [-0.3, -0.25) is 6.08 Å². The number of rotatable bonds is 5. The van der Waals surface area contributed by atoms with E-state index in [1.165, 1.54) is 57.4 Å². The molecule has 0 amide bonds. The Hall–Kier alpha value is -1.17. The van der Waals surface area contributed by atoms with E-state index in [1.54, 1.807) is 0 Å². The van der Waals surface area contributed by atoms with Gasteiger partial charge in [0.05, 0.1) is 0 Å². The van der Waals surface area contributed by atoms with Crippen LogP contribution in [0.1, 0.15) is 45.1 Å². The average Bonchev–Trinajstić information content (AvgIpc) is 3.29. The van der Waals surface area contributed by atoms with E-state index in [-0.39, 0.29) is 25.8 Å². The van der Waals surface area contributed by atoms with Gasteiger partial charge in [0.25, 0.3) is 0 Å². The largest absolute Gasteiger partial charge is 4.00 e. The molecule has 0 nitrogen and oxygen atoms in total. The zero-order valence-corrected chi connectivity index (χ0v) is 21.8. The Morgan fingerprint density at radius 1 is 1.00 bits per heavy atom. The van der Waals surface area contributed by atoms with E-state index in [4.69, 9.17) is 0 Å². The van der Waals surface area contributed by atoms with Crippen LogP contribution < -0.4 is 10.6 Å². The van der Waals surface area contributed by atoms with E-state index in [0.29, 0.717) is 0 Å². The maximum Gasteiger partial charge on any atom is 4.00 e. The fraction of sp³-hybridized carbons (Fsp3) is 0.269. The van der Waals surface area contributed by atoms with E-state index < -0.39 is 0 Å². The Labute approximate surface area is 191 Å². The molecule has 1 unspecified atom stereocenters. The third-order valence-electron chi connectivity index (χ3n) is 5.09. The van der Waals surface area contributed by atoms with Gasteiger partial charge in [0.15, 0.2) is 0 Å². The van der Waals surface area contributed by atoms with E-state index in [0.717, 1.165) is 15.0 Å². The Balaban J connectivity index is 0.000000221. The Morgan fingerprint density at radius 3 is 2.46 bits per heavy atom. The molecule has 1 aliphatic carbocycles. The van der Waals surface area contributed by atoms with Crippen LogP contribution in [0.25, 0.3) is 10.8 Å². The number of allylic oxidation sites excluding steroid dienone is 4. The standard InChI is InChI=1S/C16H14P.C10H15.Hf/c1-12-6-2-5-9-15(12)17-16-11-10-13-7-3-4-8-14(13)16;1-3-4-7-10-8-5-6-9(10)2;/h2-11,17H,1H3;8H,3-5,7H2,1-2H3;/q2*-1;+4. The van der Waals surface area contributed by atoms with Crippen LogP contribution in [0.2, 0.25) is 0 Å². The molecule has 4 rings (SSSR count). The summed E-state index contributed by atoms with van der Waals surface area (Å²) in [6, 6.07) is 21.7. The number of hydrogen-bond acceptors (Lipinski definition) is 0. The first-order chi connectivity index (χ1) is 13.2. The summed E-state index contributed by atoms with van der Waals surface area (Å²) in [5, 5.41) is 5.65. The molecule has 1 aliphatic rings. The second-order valence-electron chi connectivity index (χ2n) is 7.11. The summed E-state index contributed by atoms with van der Waals surface area (Å²) < 4.78 is 0. The van der Waals surface area contributed by atoms with Crippen molar-refractivity contribution in [2.24, 2.45) is 0 Å². The Bertz CT molecular complexity index is 946. The minimum absolute atomic E-state index is 0. The first-order valence-corrected chi connectivity index (χ1v) is 10.9. The van der Waals surface area contributed by atoms with E-state index >= 15 is 0 Å². The summed E-state index contributed by atoms with van der Waals surface area (Å²) >= 11 is 0. The number of unbranched alkanes of at least 4 members (excludes halogenated alkanes) is 1. The minimum atomic E-state index is 0. The van der Waals surface area contributed by atoms with Crippen LogP contribution in [0.5, 0.6) is 0 Å². The van der Waals surface area contributed by atoms with Crippen molar-refractivity contribution in [1.82, 2.24) is 0 Å². The van der Waals surface area contributed by atoms with Crippen molar-refractivity contribution in [3.05, 3.63) is 89.5 Å². The molecule has 0 radical (unpaired) electrons. The van der Waals surface area contributed by atoms with Crippen LogP contribution in [0.3, 0.4) is 0 Å². The molecule has 0 aromatic heterocycles. The third kappa shape index (κ3) is 6.16. The van der Waals surface area contributed by atoms with Gasteiger partial charge in [-0.05, 0) is 17.8 Å². The van der Waals surface area contributed by atoms with Crippen LogP contribution in [0, 0.1) is 13.0 Å². The zero-order chi connectivity index (χ0) is 19.1. The molecule has 0 saturated heterocycles. The molecule has 0 fully saturated rings. The van der Waals surface area contributed by atoms with Gasteiger partial charge >= 0.3 is 25.8 Å². The van der Waals surface area contributed by atoms with E-state index in [9.17, 15) is 0 Å². The quantitative estimate of drug-likeness (QED) is 0.187. The van der Waals surface area contributed by atoms with Crippen LogP contribution in [0.15, 0.2) is 77.9 Å². The summed E-state index contributed by atoms with van der Waals surface area (Å²) in [5.41, 5.74) is 4.30. The molecule has 0 heterocycles. The second kappa shape index (κ2) is 11.7. The van der Waals surface area contributed by atoms with Crippen molar-refractivity contribution in [2.75, 3.05) is 0 Å². The maximum absolute atomic E-state index is 3.30. The number of aryl methyl sites for hydroxylation is 1. The summed E-state index contributed by atoms with van der Waals surface area (Å²) in [6.45, 7) is 6.58. The fourth-order valence-corrected chi connectivity index (χ4v) is 4.65. The Kier molecular flexibility index (Phi) is 9.69. The van der Waals surface area contributed by atoms with Crippen molar-refractivity contribution >= 4 is 30.0 Å². The van der Waals surface area contributed by atoms with Crippen LogP contribution in [0.4, 0.5) is 0 Å².